The molecule has 1 rings (SSSR count). The number of rotatable bonds is 9. The number of aldehydes is 1. The van der Waals surface area contributed by atoms with Gasteiger partial charge in [-0.15, -0.1) is 0 Å². The van der Waals surface area contributed by atoms with Crippen LogP contribution in [0.2, 0.25) is 0 Å². The van der Waals surface area contributed by atoms with E-state index in [1.165, 1.54) is 6.92 Å². The molecular weight excluding hydrogens is 296 g/mol. The van der Waals surface area contributed by atoms with Crippen LogP contribution in [0.25, 0.3) is 0 Å². The number of hydrogen-bond acceptors (Lipinski definition) is 5. The van der Waals surface area contributed by atoms with Crippen molar-refractivity contribution in [3.05, 3.63) is 23.8 Å². The van der Waals surface area contributed by atoms with E-state index in [4.69, 9.17) is 14.2 Å². The molecule has 0 bridgehead atoms. The maximum Gasteiger partial charge on any atom is 0.302 e. The number of hydrogen-bond donors (Lipinski definition) is 0. The molecule has 0 saturated heterocycles. The Balaban J connectivity index is 3.10. The Hall–Kier alpha value is -2.04. The molecule has 0 fully saturated rings. The molecule has 0 aliphatic carbocycles. The Morgan fingerprint density at radius 1 is 1.22 bits per heavy atom. The van der Waals surface area contributed by atoms with Gasteiger partial charge in [0.25, 0.3) is 0 Å². The number of ether oxygens (including phenoxy) is 3. The molecule has 23 heavy (non-hydrogen) atoms. The first-order valence-electron chi connectivity index (χ1n) is 7.73. The van der Waals surface area contributed by atoms with Gasteiger partial charge in [0.05, 0.1) is 26.2 Å². The molecule has 128 valence electrons. The Morgan fingerprint density at radius 3 is 2.35 bits per heavy atom. The second-order valence-electron chi connectivity index (χ2n) is 5.83. The maximum atomic E-state index is 12.0. The second-order valence-corrected chi connectivity index (χ2v) is 5.83. The van der Waals surface area contributed by atoms with Crippen molar-refractivity contribution in [1.82, 2.24) is 0 Å². The standard InChI is InChI=1S/C18H26O5/c1-13(2)18(12-19,9-6-10-23-14(3)20)15-7-8-16(21-4)17(11-15)22-5/h7-8,11-13H,6,9-10H2,1-5H3/t18-/m0/s1. The van der Waals surface area contributed by atoms with Crippen molar-refractivity contribution in [2.75, 3.05) is 20.8 Å². The lowest BCUT2D eigenvalue weighted by atomic mass is 9.70. The van der Waals surface area contributed by atoms with E-state index in [2.05, 4.69) is 0 Å². The highest BCUT2D eigenvalue weighted by Gasteiger charge is 2.35. The lowest BCUT2D eigenvalue weighted by Gasteiger charge is -2.33. The predicted octanol–water partition coefficient (Wildman–Crippen LogP) is 3.14. The van der Waals surface area contributed by atoms with E-state index in [1.807, 2.05) is 26.0 Å². The lowest BCUT2D eigenvalue weighted by molar-refractivity contribution is -0.141. The summed E-state index contributed by atoms with van der Waals surface area (Å²) in [5.41, 5.74) is 0.225. The predicted molar refractivity (Wildman–Crippen MR) is 88.0 cm³/mol. The summed E-state index contributed by atoms with van der Waals surface area (Å²) in [6.45, 7) is 5.71. The average molecular weight is 322 g/mol. The van der Waals surface area contributed by atoms with Gasteiger partial charge in [0.1, 0.15) is 6.29 Å². The first kappa shape index (κ1) is 19.0. The topological polar surface area (TPSA) is 61.8 Å². The van der Waals surface area contributed by atoms with E-state index in [-0.39, 0.29) is 11.9 Å². The molecule has 1 aromatic carbocycles. The van der Waals surface area contributed by atoms with Gasteiger partial charge in [0.2, 0.25) is 0 Å². The molecule has 0 aliphatic heterocycles. The van der Waals surface area contributed by atoms with E-state index in [9.17, 15) is 9.59 Å². The maximum absolute atomic E-state index is 12.0. The first-order valence-corrected chi connectivity index (χ1v) is 7.73. The lowest BCUT2D eigenvalue weighted by Crippen LogP contribution is -2.34. The van der Waals surface area contributed by atoms with Crippen molar-refractivity contribution in [3.8, 4) is 11.5 Å². The Bertz CT molecular complexity index is 538. The molecule has 0 radical (unpaired) electrons. The van der Waals surface area contributed by atoms with Crippen LogP contribution in [0.3, 0.4) is 0 Å². The van der Waals surface area contributed by atoms with Crippen molar-refractivity contribution in [3.63, 3.8) is 0 Å². The summed E-state index contributed by atoms with van der Waals surface area (Å²) in [5, 5.41) is 0. The van der Waals surface area contributed by atoms with Gasteiger partial charge in [-0.05, 0) is 36.5 Å². The second kappa shape index (κ2) is 8.56. The molecule has 0 spiro atoms. The van der Waals surface area contributed by atoms with Gasteiger partial charge in [-0.25, -0.2) is 0 Å². The van der Waals surface area contributed by atoms with E-state index >= 15 is 0 Å². The number of methoxy groups -OCH3 is 2. The van der Waals surface area contributed by atoms with Gasteiger partial charge < -0.3 is 19.0 Å². The van der Waals surface area contributed by atoms with Crippen LogP contribution in [0, 0.1) is 5.92 Å². The third kappa shape index (κ3) is 4.47. The van der Waals surface area contributed by atoms with Crippen molar-refractivity contribution in [1.29, 1.82) is 0 Å². The highest BCUT2D eigenvalue weighted by Crippen LogP contribution is 2.39. The Kier molecular flexibility index (Phi) is 7.07. The summed E-state index contributed by atoms with van der Waals surface area (Å²) in [7, 11) is 3.15. The summed E-state index contributed by atoms with van der Waals surface area (Å²) in [4.78, 5) is 22.8. The van der Waals surface area contributed by atoms with Gasteiger partial charge in [0, 0.05) is 6.92 Å². The number of carbonyl (C=O) groups excluding carboxylic acids is 2. The average Bonchev–Trinajstić information content (AvgIpc) is 2.54. The molecule has 1 aromatic rings. The van der Waals surface area contributed by atoms with Gasteiger partial charge in [0.15, 0.2) is 11.5 Å². The van der Waals surface area contributed by atoms with E-state index in [0.717, 1.165) is 11.8 Å². The van der Waals surface area contributed by atoms with Crippen LogP contribution < -0.4 is 9.47 Å². The fourth-order valence-corrected chi connectivity index (χ4v) is 2.74. The van der Waals surface area contributed by atoms with Crippen molar-refractivity contribution < 1.29 is 23.8 Å². The minimum atomic E-state index is -0.653. The van der Waals surface area contributed by atoms with Crippen molar-refractivity contribution in [2.45, 2.75) is 39.0 Å². The fourth-order valence-electron chi connectivity index (χ4n) is 2.74. The third-order valence-electron chi connectivity index (χ3n) is 4.20. The van der Waals surface area contributed by atoms with Crippen molar-refractivity contribution >= 4 is 12.3 Å². The summed E-state index contributed by atoms with van der Waals surface area (Å²) >= 11 is 0. The van der Waals surface area contributed by atoms with E-state index in [0.29, 0.717) is 30.9 Å². The molecule has 1 atom stereocenters. The molecular formula is C18H26O5. The largest absolute Gasteiger partial charge is 0.493 e. The smallest absolute Gasteiger partial charge is 0.302 e. The molecule has 5 nitrogen and oxygen atoms in total. The zero-order chi connectivity index (χ0) is 17.5. The van der Waals surface area contributed by atoms with Gasteiger partial charge >= 0.3 is 5.97 Å². The Morgan fingerprint density at radius 2 is 1.87 bits per heavy atom. The zero-order valence-electron chi connectivity index (χ0n) is 14.5. The molecule has 0 unspecified atom stereocenters. The SMILES string of the molecule is COc1ccc([C@](C=O)(CCCOC(C)=O)C(C)C)cc1OC. The van der Waals surface area contributed by atoms with Gasteiger partial charge in [-0.1, -0.05) is 19.9 Å². The molecule has 0 heterocycles. The zero-order valence-corrected chi connectivity index (χ0v) is 14.5. The summed E-state index contributed by atoms with van der Waals surface area (Å²) in [6, 6.07) is 5.54. The Labute approximate surface area is 137 Å². The molecule has 0 amide bonds. The number of esters is 1. The van der Waals surface area contributed by atoms with Crippen LogP contribution in [-0.2, 0) is 19.7 Å². The van der Waals surface area contributed by atoms with Crippen LogP contribution in [0.1, 0.15) is 39.2 Å². The van der Waals surface area contributed by atoms with Crippen LogP contribution in [-0.4, -0.2) is 33.1 Å². The van der Waals surface area contributed by atoms with E-state index < -0.39 is 5.41 Å². The molecule has 0 aliphatic rings. The third-order valence-corrected chi connectivity index (χ3v) is 4.20. The molecule has 0 saturated carbocycles. The van der Waals surface area contributed by atoms with Crippen molar-refractivity contribution in [2.24, 2.45) is 5.92 Å². The first-order chi connectivity index (χ1) is 10.9. The van der Waals surface area contributed by atoms with Crippen LogP contribution in [0.15, 0.2) is 18.2 Å². The monoisotopic (exact) mass is 322 g/mol. The van der Waals surface area contributed by atoms with E-state index in [1.54, 1.807) is 20.3 Å². The highest BCUT2D eigenvalue weighted by molar-refractivity contribution is 5.70. The quantitative estimate of drug-likeness (QED) is 0.397. The van der Waals surface area contributed by atoms with Gasteiger partial charge in [-0.3, -0.25) is 4.79 Å². The van der Waals surface area contributed by atoms with Gasteiger partial charge in [-0.2, -0.15) is 0 Å². The summed E-state index contributed by atoms with van der Waals surface area (Å²) in [6.07, 6.45) is 2.20. The fraction of sp³-hybridized carbons (Fsp3) is 0.556. The number of benzene rings is 1. The normalized spacial score (nSPS) is 13.3. The summed E-state index contributed by atoms with van der Waals surface area (Å²) in [5.74, 6) is 1.00. The number of carbonyl (C=O) groups is 2. The minimum Gasteiger partial charge on any atom is -0.493 e. The summed E-state index contributed by atoms with van der Waals surface area (Å²) < 4.78 is 15.6. The highest BCUT2D eigenvalue weighted by atomic mass is 16.5. The molecule has 0 N–H and O–H groups in total. The van der Waals surface area contributed by atoms with Crippen LogP contribution in [0.4, 0.5) is 0 Å². The molecule has 5 heteroatoms. The minimum absolute atomic E-state index is 0.0930. The molecule has 0 aromatic heterocycles. The van der Waals surface area contributed by atoms with Crippen LogP contribution in [0.5, 0.6) is 11.5 Å². The van der Waals surface area contributed by atoms with Crippen LogP contribution >= 0.6 is 0 Å².